The number of benzene rings is 1. The summed E-state index contributed by atoms with van der Waals surface area (Å²) in [6.07, 6.45) is 0.711. The van der Waals surface area contributed by atoms with Gasteiger partial charge >= 0.3 is 5.97 Å². The molecule has 1 aromatic carbocycles. The van der Waals surface area contributed by atoms with Crippen LogP contribution >= 0.6 is 0 Å². The van der Waals surface area contributed by atoms with Crippen molar-refractivity contribution in [3.05, 3.63) is 35.4 Å². The lowest BCUT2D eigenvalue weighted by Gasteiger charge is -2.26. The Morgan fingerprint density at radius 3 is 2.67 bits per heavy atom. The quantitative estimate of drug-likeness (QED) is 0.737. The highest BCUT2D eigenvalue weighted by molar-refractivity contribution is 5.67. The number of nitrogens with zero attached hydrogens (tertiary/aromatic N) is 1. The smallest absolute Gasteiger partial charge is 0.303 e. The molecule has 0 atom stereocenters. The van der Waals surface area contributed by atoms with Crippen LogP contribution in [0.4, 0.5) is 0 Å². The van der Waals surface area contributed by atoms with E-state index in [0.717, 1.165) is 44.0 Å². The molecule has 0 aliphatic carbocycles. The number of aryl methyl sites for hydroxylation is 1. The van der Waals surface area contributed by atoms with Crippen LogP contribution in [0.25, 0.3) is 0 Å². The van der Waals surface area contributed by atoms with E-state index in [0.29, 0.717) is 19.6 Å². The van der Waals surface area contributed by atoms with E-state index in [9.17, 15) is 4.79 Å². The van der Waals surface area contributed by atoms with Crippen LogP contribution in [0.1, 0.15) is 17.5 Å². The molecule has 1 heterocycles. The van der Waals surface area contributed by atoms with E-state index in [2.05, 4.69) is 4.90 Å². The number of ether oxygens (including phenoxy) is 2. The monoisotopic (exact) mass is 293 g/mol. The molecule has 0 radical (unpaired) electrons. The molecular formula is C16H23NO4. The van der Waals surface area contributed by atoms with Crippen molar-refractivity contribution in [2.75, 3.05) is 39.5 Å². The second kappa shape index (κ2) is 8.77. The number of hydrogen-bond donors (Lipinski definition) is 1. The molecule has 0 saturated carbocycles. The predicted molar refractivity (Wildman–Crippen MR) is 79.3 cm³/mol. The van der Waals surface area contributed by atoms with Gasteiger partial charge in [0.2, 0.25) is 0 Å². The van der Waals surface area contributed by atoms with Gasteiger partial charge in [-0.15, -0.1) is 0 Å². The van der Waals surface area contributed by atoms with Gasteiger partial charge in [-0.05, 0) is 17.5 Å². The number of carboxylic acid groups (broad SMARTS) is 1. The molecule has 0 bridgehead atoms. The van der Waals surface area contributed by atoms with Gasteiger partial charge < -0.3 is 14.6 Å². The minimum absolute atomic E-state index is 0.158. The van der Waals surface area contributed by atoms with E-state index in [4.69, 9.17) is 14.6 Å². The van der Waals surface area contributed by atoms with E-state index in [-0.39, 0.29) is 6.42 Å². The van der Waals surface area contributed by atoms with Gasteiger partial charge in [-0.1, -0.05) is 24.3 Å². The molecular weight excluding hydrogens is 270 g/mol. The Labute approximate surface area is 125 Å². The summed E-state index contributed by atoms with van der Waals surface area (Å²) >= 11 is 0. The van der Waals surface area contributed by atoms with Gasteiger partial charge in [0.25, 0.3) is 0 Å². The molecule has 1 saturated heterocycles. The number of aliphatic carboxylic acids is 1. The molecule has 5 heteroatoms. The summed E-state index contributed by atoms with van der Waals surface area (Å²) in [5, 5.41) is 8.78. The lowest BCUT2D eigenvalue weighted by molar-refractivity contribution is -0.136. The van der Waals surface area contributed by atoms with E-state index in [1.54, 1.807) is 0 Å². The molecule has 1 aliphatic rings. The third-order valence-corrected chi connectivity index (χ3v) is 3.64. The van der Waals surface area contributed by atoms with Gasteiger partial charge in [0, 0.05) is 26.1 Å². The Hall–Kier alpha value is -1.43. The first-order chi connectivity index (χ1) is 10.3. The Bertz CT molecular complexity index is 444. The van der Waals surface area contributed by atoms with Gasteiger partial charge in [0.15, 0.2) is 0 Å². The summed E-state index contributed by atoms with van der Waals surface area (Å²) in [4.78, 5) is 13.0. The van der Waals surface area contributed by atoms with Crippen LogP contribution in [-0.2, 0) is 27.3 Å². The number of carboxylic acids is 1. The average Bonchev–Trinajstić information content (AvgIpc) is 2.51. The topological polar surface area (TPSA) is 59.0 Å². The Morgan fingerprint density at radius 2 is 1.95 bits per heavy atom. The fourth-order valence-electron chi connectivity index (χ4n) is 2.38. The van der Waals surface area contributed by atoms with Crippen LogP contribution in [0.2, 0.25) is 0 Å². The number of rotatable bonds is 8. The first-order valence-corrected chi connectivity index (χ1v) is 7.42. The van der Waals surface area contributed by atoms with Crippen molar-refractivity contribution >= 4 is 5.97 Å². The second-order valence-electron chi connectivity index (χ2n) is 5.17. The normalized spacial score (nSPS) is 16.0. The average molecular weight is 293 g/mol. The molecule has 0 spiro atoms. The summed E-state index contributed by atoms with van der Waals surface area (Å²) in [7, 11) is 0. The minimum atomic E-state index is -0.766. The van der Waals surface area contributed by atoms with E-state index in [1.165, 1.54) is 0 Å². The minimum Gasteiger partial charge on any atom is -0.481 e. The first-order valence-electron chi connectivity index (χ1n) is 7.42. The van der Waals surface area contributed by atoms with E-state index < -0.39 is 5.97 Å². The molecule has 2 rings (SSSR count). The lowest BCUT2D eigenvalue weighted by Crippen LogP contribution is -2.38. The van der Waals surface area contributed by atoms with Gasteiger partial charge in [-0.2, -0.15) is 0 Å². The zero-order chi connectivity index (χ0) is 14.9. The largest absolute Gasteiger partial charge is 0.481 e. The lowest BCUT2D eigenvalue weighted by atomic mass is 10.0. The summed E-state index contributed by atoms with van der Waals surface area (Å²) in [5.41, 5.74) is 2.15. The molecule has 0 unspecified atom stereocenters. The number of morpholine rings is 1. The second-order valence-corrected chi connectivity index (χ2v) is 5.17. The third-order valence-electron chi connectivity index (χ3n) is 3.64. The fourth-order valence-corrected chi connectivity index (χ4v) is 2.38. The molecule has 1 aliphatic heterocycles. The summed E-state index contributed by atoms with van der Waals surface area (Å²) < 4.78 is 11.0. The highest BCUT2D eigenvalue weighted by Crippen LogP contribution is 2.12. The molecule has 1 aromatic rings. The molecule has 5 nitrogen and oxygen atoms in total. The Morgan fingerprint density at radius 1 is 1.24 bits per heavy atom. The van der Waals surface area contributed by atoms with Crippen LogP contribution in [0.5, 0.6) is 0 Å². The van der Waals surface area contributed by atoms with Gasteiger partial charge in [-0.25, -0.2) is 0 Å². The fraction of sp³-hybridized carbons (Fsp3) is 0.562. The van der Waals surface area contributed by atoms with Gasteiger partial charge in [0.05, 0.1) is 26.4 Å². The highest BCUT2D eigenvalue weighted by Gasteiger charge is 2.10. The molecule has 21 heavy (non-hydrogen) atoms. The van der Waals surface area contributed by atoms with Crippen molar-refractivity contribution in [3.63, 3.8) is 0 Å². The molecule has 1 N–H and O–H groups in total. The van der Waals surface area contributed by atoms with Crippen LogP contribution in [0, 0.1) is 0 Å². The predicted octanol–water partition coefficient (Wildman–Crippen LogP) is 1.55. The van der Waals surface area contributed by atoms with Crippen LogP contribution in [-0.4, -0.2) is 55.4 Å². The van der Waals surface area contributed by atoms with Gasteiger partial charge in [0.1, 0.15) is 0 Å². The maximum absolute atomic E-state index is 10.7. The van der Waals surface area contributed by atoms with Crippen molar-refractivity contribution in [1.29, 1.82) is 0 Å². The Balaban J connectivity index is 1.73. The summed E-state index contributed by atoms with van der Waals surface area (Å²) in [6, 6.07) is 7.88. The summed E-state index contributed by atoms with van der Waals surface area (Å²) in [5.74, 6) is -0.766. The van der Waals surface area contributed by atoms with E-state index >= 15 is 0 Å². The third kappa shape index (κ3) is 5.83. The maximum atomic E-state index is 10.7. The zero-order valence-corrected chi connectivity index (χ0v) is 12.3. The molecule has 0 aromatic heterocycles. The maximum Gasteiger partial charge on any atom is 0.303 e. The summed E-state index contributed by atoms with van der Waals surface area (Å²) in [6.45, 7) is 5.70. The van der Waals surface area contributed by atoms with Crippen LogP contribution in [0.3, 0.4) is 0 Å². The highest BCUT2D eigenvalue weighted by atomic mass is 16.5. The van der Waals surface area contributed by atoms with Crippen molar-refractivity contribution in [1.82, 2.24) is 4.90 Å². The molecule has 0 amide bonds. The van der Waals surface area contributed by atoms with Crippen LogP contribution < -0.4 is 0 Å². The number of carbonyl (C=O) groups is 1. The SMILES string of the molecule is O=C(O)CCc1ccccc1COCCN1CCOCC1. The van der Waals surface area contributed by atoms with Crippen molar-refractivity contribution < 1.29 is 19.4 Å². The zero-order valence-electron chi connectivity index (χ0n) is 12.3. The van der Waals surface area contributed by atoms with Crippen LogP contribution in [0.15, 0.2) is 24.3 Å². The first kappa shape index (κ1) is 15.9. The number of hydrogen-bond acceptors (Lipinski definition) is 4. The van der Waals surface area contributed by atoms with Crippen molar-refractivity contribution in [3.8, 4) is 0 Å². The molecule has 116 valence electrons. The standard InChI is InChI=1S/C16H23NO4/c18-16(19)6-5-14-3-1-2-4-15(14)13-21-12-9-17-7-10-20-11-8-17/h1-4H,5-13H2,(H,18,19). The Kier molecular flexibility index (Phi) is 6.66. The van der Waals surface area contributed by atoms with E-state index in [1.807, 2.05) is 24.3 Å². The molecule has 1 fully saturated rings. The van der Waals surface area contributed by atoms with Gasteiger partial charge in [-0.3, -0.25) is 9.69 Å². The van der Waals surface area contributed by atoms with Crippen molar-refractivity contribution in [2.45, 2.75) is 19.4 Å². The van der Waals surface area contributed by atoms with Crippen molar-refractivity contribution in [2.24, 2.45) is 0 Å².